The van der Waals surface area contributed by atoms with Crippen LogP contribution in [0.1, 0.15) is 57.3 Å². The lowest BCUT2D eigenvalue weighted by atomic mass is 9.43. The fourth-order valence-corrected chi connectivity index (χ4v) is 6.28. The molecule has 3 unspecified atom stereocenters. The lowest BCUT2D eigenvalue weighted by Gasteiger charge is -2.62. The van der Waals surface area contributed by atoms with E-state index in [2.05, 4.69) is 28.9 Å². The molecule has 4 aliphatic rings. The van der Waals surface area contributed by atoms with E-state index in [1.807, 2.05) is 6.07 Å². The summed E-state index contributed by atoms with van der Waals surface area (Å²) >= 11 is 3.40. The van der Waals surface area contributed by atoms with Gasteiger partial charge in [0.2, 0.25) is 0 Å². The average Bonchev–Trinajstić information content (AvgIpc) is 2.71. The quantitative estimate of drug-likeness (QED) is 0.860. The van der Waals surface area contributed by atoms with Gasteiger partial charge >= 0.3 is 0 Å². The Bertz CT molecular complexity index is 495. The molecule has 1 aromatic rings. The Morgan fingerprint density at radius 1 is 1.26 bits per heavy atom. The molecule has 0 amide bonds. The number of rotatable bonds is 2. The standard InChI is InChI=1S/C16H22BrNO/c1-15-5-10-4-11(6-15)8-16(7-10,9-15)14(18)12-2-3-13(17)19-12/h2-3,10-11,14H,4-9,18H2,1H3. The molecular formula is C16H22BrNO. The van der Waals surface area contributed by atoms with Crippen LogP contribution in [0, 0.1) is 22.7 Å². The van der Waals surface area contributed by atoms with Gasteiger partial charge < -0.3 is 10.2 Å². The lowest BCUT2D eigenvalue weighted by Crippen LogP contribution is -2.54. The molecule has 4 saturated carbocycles. The predicted octanol–water partition coefficient (Wildman–Crippen LogP) is 4.65. The Morgan fingerprint density at radius 2 is 1.95 bits per heavy atom. The van der Waals surface area contributed by atoms with Crippen molar-refractivity contribution in [1.29, 1.82) is 0 Å². The van der Waals surface area contributed by atoms with Crippen LogP contribution >= 0.6 is 15.9 Å². The second-order valence-electron chi connectivity index (χ2n) is 7.75. The van der Waals surface area contributed by atoms with E-state index in [0.29, 0.717) is 10.8 Å². The van der Waals surface area contributed by atoms with E-state index in [1.165, 1.54) is 38.5 Å². The van der Waals surface area contributed by atoms with Crippen molar-refractivity contribution >= 4 is 15.9 Å². The minimum absolute atomic E-state index is 0.0732. The average molecular weight is 324 g/mol. The normalized spacial score (nSPS) is 45.6. The van der Waals surface area contributed by atoms with Gasteiger partial charge in [0.15, 0.2) is 4.67 Å². The molecule has 4 fully saturated rings. The van der Waals surface area contributed by atoms with Crippen LogP contribution in [0.15, 0.2) is 21.2 Å². The van der Waals surface area contributed by atoms with Crippen molar-refractivity contribution in [3.8, 4) is 0 Å². The molecule has 4 bridgehead atoms. The number of furan rings is 1. The van der Waals surface area contributed by atoms with Crippen LogP contribution in [0.3, 0.4) is 0 Å². The SMILES string of the molecule is CC12CC3CC(C1)CC(C(N)c1ccc(Br)o1)(C3)C2. The zero-order valence-electron chi connectivity index (χ0n) is 11.5. The summed E-state index contributed by atoms with van der Waals surface area (Å²) in [5.74, 6) is 2.80. The molecule has 0 radical (unpaired) electrons. The van der Waals surface area contributed by atoms with E-state index in [-0.39, 0.29) is 6.04 Å². The monoisotopic (exact) mass is 323 g/mol. The highest BCUT2D eigenvalue weighted by atomic mass is 79.9. The fraction of sp³-hybridized carbons (Fsp3) is 0.750. The molecule has 3 atom stereocenters. The Labute approximate surface area is 123 Å². The van der Waals surface area contributed by atoms with E-state index >= 15 is 0 Å². The van der Waals surface area contributed by atoms with E-state index in [0.717, 1.165) is 22.3 Å². The van der Waals surface area contributed by atoms with E-state index in [4.69, 9.17) is 10.2 Å². The van der Waals surface area contributed by atoms with E-state index in [1.54, 1.807) is 0 Å². The van der Waals surface area contributed by atoms with Gasteiger partial charge in [-0.3, -0.25) is 0 Å². The van der Waals surface area contributed by atoms with Gasteiger partial charge in [-0.2, -0.15) is 0 Å². The molecule has 0 aromatic carbocycles. The highest BCUT2D eigenvalue weighted by Crippen LogP contribution is 2.67. The highest BCUT2D eigenvalue weighted by Gasteiger charge is 2.58. The molecule has 19 heavy (non-hydrogen) atoms. The largest absolute Gasteiger partial charge is 0.453 e. The van der Waals surface area contributed by atoms with E-state index in [9.17, 15) is 0 Å². The van der Waals surface area contributed by atoms with Crippen LogP contribution in [-0.4, -0.2) is 0 Å². The summed E-state index contributed by atoms with van der Waals surface area (Å²) in [5, 5.41) is 0. The molecule has 2 N–H and O–H groups in total. The molecule has 3 heteroatoms. The van der Waals surface area contributed by atoms with Crippen LogP contribution in [0.2, 0.25) is 0 Å². The third-order valence-corrected chi connectivity index (χ3v) is 6.39. The van der Waals surface area contributed by atoms with Crippen LogP contribution in [0.4, 0.5) is 0 Å². The summed E-state index contributed by atoms with van der Waals surface area (Å²) in [5.41, 5.74) is 7.50. The van der Waals surface area contributed by atoms with Crippen molar-refractivity contribution < 1.29 is 4.42 Å². The van der Waals surface area contributed by atoms with Gasteiger partial charge in [-0.1, -0.05) is 6.92 Å². The summed E-state index contributed by atoms with van der Waals surface area (Å²) in [6.45, 7) is 2.49. The Kier molecular flexibility index (Phi) is 2.55. The maximum absolute atomic E-state index is 6.65. The minimum Gasteiger partial charge on any atom is -0.453 e. The van der Waals surface area contributed by atoms with Crippen molar-refractivity contribution in [2.75, 3.05) is 0 Å². The van der Waals surface area contributed by atoms with Crippen molar-refractivity contribution in [2.45, 2.75) is 51.5 Å². The summed E-state index contributed by atoms with van der Waals surface area (Å²) in [7, 11) is 0. The molecular weight excluding hydrogens is 302 g/mol. The Hall–Kier alpha value is -0.280. The third-order valence-electron chi connectivity index (χ3n) is 5.96. The van der Waals surface area contributed by atoms with Crippen LogP contribution in [-0.2, 0) is 0 Å². The molecule has 1 heterocycles. The number of halogens is 1. The first kappa shape index (κ1) is 12.5. The summed E-state index contributed by atoms with van der Waals surface area (Å²) in [6.07, 6.45) is 8.25. The van der Waals surface area contributed by atoms with Crippen LogP contribution in [0.5, 0.6) is 0 Å². The number of hydrogen-bond acceptors (Lipinski definition) is 2. The van der Waals surface area contributed by atoms with Crippen LogP contribution in [0.25, 0.3) is 0 Å². The molecule has 0 saturated heterocycles. The molecule has 4 aliphatic carbocycles. The van der Waals surface area contributed by atoms with Crippen molar-refractivity contribution in [3.63, 3.8) is 0 Å². The van der Waals surface area contributed by atoms with Crippen LogP contribution < -0.4 is 5.73 Å². The van der Waals surface area contributed by atoms with Gasteiger partial charge in [0, 0.05) is 0 Å². The second-order valence-corrected chi connectivity index (χ2v) is 8.54. The first-order valence-electron chi connectivity index (χ1n) is 7.49. The number of nitrogens with two attached hydrogens (primary N) is 1. The lowest BCUT2D eigenvalue weighted by molar-refractivity contribution is -0.116. The number of hydrogen-bond donors (Lipinski definition) is 1. The third kappa shape index (κ3) is 1.84. The maximum atomic E-state index is 6.65. The van der Waals surface area contributed by atoms with Gasteiger partial charge in [0.05, 0.1) is 6.04 Å². The van der Waals surface area contributed by atoms with Gasteiger partial charge in [0.1, 0.15) is 5.76 Å². The predicted molar refractivity (Wildman–Crippen MR) is 78.6 cm³/mol. The minimum atomic E-state index is 0.0732. The van der Waals surface area contributed by atoms with Gasteiger partial charge in [-0.15, -0.1) is 0 Å². The van der Waals surface area contributed by atoms with Crippen molar-refractivity contribution in [1.82, 2.24) is 0 Å². The van der Waals surface area contributed by atoms with Crippen molar-refractivity contribution in [2.24, 2.45) is 28.4 Å². The zero-order chi connectivity index (χ0) is 13.3. The second kappa shape index (κ2) is 3.88. The molecule has 0 aliphatic heterocycles. The van der Waals surface area contributed by atoms with Gasteiger partial charge in [0.25, 0.3) is 0 Å². The molecule has 104 valence electrons. The summed E-state index contributed by atoms with van der Waals surface area (Å²) in [4.78, 5) is 0. The smallest absolute Gasteiger partial charge is 0.169 e. The Balaban J connectivity index is 1.70. The first-order valence-corrected chi connectivity index (χ1v) is 8.28. The van der Waals surface area contributed by atoms with Gasteiger partial charge in [-0.05, 0) is 89.3 Å². The maximum Gasteiger partial charge on any atom is 0.169 e. The molecule has 2 nitrogen and oxygen atoms in total. The van der Waals surface area contributed by atoms with Crippen molar-refractivity contribution in [3.05, 3.63) is 22.6 Å². The Morgan fingerprint density at radius 3 is 2.47 bits per heavy atom. The topological polar surface area (TPSA) is 39.2 Å². The first-order chi connectivity index (χ1) is 8.98. The highest BCUT2D eigenvalue weighted by molar-refractivity contribution is 9.10. The molecule has 0 spiro atoms. The molecule has 1 aromatic heterocycles. The summed E-state index contributed by atoms with van der Waals surface area (Å²) < 4.78 is 6.56. The fourth-order valence-electron chi connectivity index (χ4n) is 5.96. The summed E-state index contributed by atoms with van der Waals surface area (Å²) in [6, 6.07) is 4.09. The van der Waals surface area contributed by atoms with E-state index < -0.39 is 0 Å². The molecule has 5 rings (SSSR count). The van der Waals surface area contributed by atoms with Gasteiger partial charge in [-0.25, -0.2) is 0 Å². The zero-order valence-corrected chi connectivity index (χ0v) is 13.1.